The first-order valence-electron chi connectivity index (χ1n) is 6.17. The zero-order valence-electron chi connectivity index (χ0n) is 10.8. The number of unbranched alkanes of at least 4 members (excludes halogenated alkanes) is 1. The molecule has 0 aliphatic heterocycles. The lowest BCUT2D eigenvalue weighted by atomic mass is 10.3. The number of hydrogen-bond donors (Lipinski definition) is 1. The fraction of sp³-hybridized carbons (Fsp3) is 1.00. The predicted molar refractivity (Wildman–Crippen MR) is 67.5 cm³/mol. The van der Waals surface area contributed by atoms with E-state index >= 15 is 0 Å². The Kier molecular flexibility index (Phi) is 9.39. The molecule has 0 heterocycles. The summed E-state index contributed by atoms with van der Waals surface area (Å²) in [5.74, 6) is 0. The summed E-state index contributed by atoms with van der Waals surface area (Å²) in [6.07, 6.45) is 2.50. The molecule has 0 aliphatic rings. The normalized spacial score (nSPS) is 12.0. The van der Waals surface area contributed by atoms with Crippen LogP contribution in [0, 0.1) is 0 Å². The van der Waals surface area contributed by atoms with Crippen molar-refractivity contribution in [2.75, 3.05) is 26.3 Å². The first-order valence-corrected chi connectivity index (χ1v) is 8.69. The monoisotopic (exact) mass is 233 g/mol. The molecule has 0 aromatic carbocycles. The van der Waals surface area contributed by atoms with Gasteiger partial charge in [-0.15, -0.1) is 0 Å². The molecule has 0 spiro atoms. The van der Waals surface area contributed by atoms with Crippen molar-refractivity contribution in [3.05, 3.63) is 0 Å². The summed E-state index contributed by atoms with van der Waals surface area (Å²) in [4.78, 5) is 0. The number of rotatable bonds is 10. The van der Waals surface area contributed by atoms with E-state index < -0.39 is 8.56 Å². The smallest absolute Gasteiger partial charge is 0.336 e. The molecule has 0 unspecified atom stereocenters. The first-order chi connectivity index (χ1) is 7.18. The van der Waals surface area contributed by atoms with Gasteiger partial charge in [-0.1, -0.05) is 13.3 Å². The second kappa shape index (κ2) is 9.33. The molecule has 0 radical (unpaired) electrons. The van der Waals surface area contributed by atoms with E-state index in [-0.39, 0.29) is 0 Å². The highest BCUT2D eigenvalue weighted by atomic mass is 28.4. The Morgan fingerprint density at radius 1 is 1.00 bits per heavy atom. The molecule has 0 fully saturated rings. The summed E-state index contributed by atoms with van der Waals surface area (Å²) < 4.78 is 11.5. The minimum absolute atomic E-state index is 0.762. The van der Waals surface area contributed by atoms with Crippen molar-refractivity contribution in [2.45, 2.75) is 46.2 Å². The lowest BCUT2D eigenvalue weighted by Gasteiger charge is -2.26. The van der Waals surface area contributed by atoms with E-state index in [0.717, 1.165) is 32.3 Å². The van der Waals surface area contributed by atoms with Crippen LogP contribution in [0.3, 0.4) is 0 Å². The summed E-state index contributed by atoms with van der Waals surface area (Å²) >= 11 is 0. The van der Waals surface area contributed by atoms with Crippen molar-refractivity contribution in [3.63, 3.8) is 0 Å². The first kappa shape index (κ1) is 15.1. The molecule has 0 aromatic heterocycles. The third-order valence-electron chi connectivity index (χ3n) is 2.36. The van der Waals surface area contributed by atoms with Gasteiger partial charge in [0.1, 0.15) is 0 Å². The quantitative estimate of drug-likeness (QED) is 0.464. The number of hydrogen-bond acceptors (Lipinski definition) is 3. The lowest BCUT2D eigenvalue weighted by Crippen LogP contribution is -2.41. The largest absolute Gasteiger partial charge is 0.395 e. The minimum Gasteiger partial charge on any atom is -0.395 e. The van der Waals surface area contributed by atoms with Crippen LogP contribution < -0.4 is 5.32 Å². The summed E-state index contributed by atoms with van der Waals surface area (Å²) in [6.45, 7) is 12.1. The topological polar surface area (TPSA) is 30.5 Å². The third-order valence-corrected chi connectivity index (χ3v) is 5.32. The Bertz CT molecular complexity index is 139. The molecule has 4 heteroatoms. The van der Waals surface area contributed by atoms with Crippen LogP contribution >= 0.6 is 0 Å². The van der Waals surface area contributed by atoms with Crippen LogP contribution in [0.15, 0.2) is 0 Å². The van der Waals surface area contributed by atoms with Gasteiger partial charge < -0.3 is 14.2 Å². The van der Waals surface area contributed by atoms with Gasteiger partial charge in [-0.05, 0) is 39.9 Å². The maximum atomic E-state index is 5.75. The van der Waals surface area contributed by atoms with Crippen LogP contribution in [-0.2, 0) is 8.85 Å². The third kappa shape index (κ3) is 7.96. The van der Waals surface area contributed by atoms with Crippen molar-refractivity contribution in [1.29, 1.82) is 0 Å². The molecule has 0 saturated carbocycles. The molecule has 0 aromatic rings. The van der Waals surface area contributed by atoms with Crippen LogP contribution in [-0.4, -0.2) is 34.9 Å². The molecule has 0 bridgehead atoms. The van der Waals surface area contributed by atoms with Gasteiger partial charge in [0, 0.05) is 19.3 Å². The fourth-order valence-electron chi connectivity index (χ4n) is 1.54. The molecule has 0 saturated heterocycles. The second-order valence-corrected chi connectivity index (χ2v) is 7.20. The highest BCUT2D eigenvalue weighted by molar-refractivity contribution is 6.66. The van der Waals surface area contributed by atoms with Crippen molar-refractivity contribution < 1.29 is 8.85 Å². The molecular weight excluding hydrogens is 206 g/mol. The summed E-state index contributed by atoms with van der Waals surface area (Å²) in [5.41, 5.74) is 0. The van der Waals surface area contributed by atoms with Crippen LogP contribution in [0.5, 0.6) is 0 Å². The van der Waals surface area contributed by atoms with E-state index in [4.69, 9.17) is 8.85 Å². The molecule has 0 amide bonds. The average Bonchev–Trinajstić information content (AvgIpc) is 2.18. The lowest BCUT2D eigenvalue weighted by molar-refractivity contribution is 0.189. The van der Waals surface area contributed by atoms with Gasteiger partial charge in [-0.3, -0.25) is 0 Å². The minimum atomic E-state index is -1.87. The van der Waals surface area contributed by atoms with Crippen LogP contribution in [0.2, 0.25) is 12.6 Å². The zero-order chi connectivity index (χ0) is 11.6. The summed E-state index contributed by atoms with van der Waals surface area (Å²) in [7, 11) is -1.87. The predicted octanol–water partition coefficient (Wildman–Crippen LogP) is 2.52. The van der Waals surface area contributed by atoms with Crippen LogP contribution in [0.25, 0.3) is 0 Å². The second-order valence-electron chi connectivity index (χ2n) is 3.85. The van der Waals surface area contributed by atoms with E-state index in [1.807, 2.05) is 13.8 Å². The van der Waals surface area contributed by atoms with E-state index in [9.17, 15) is 0 Å². The van der Waals surface area contributed by atoms with Gasteiger partial charge in [0.2, 0.25) is 0 Å². The van der Waals surface area contributed by atoms with Crippen molar-refractivity contribution in [1.82, 2.24) is 5.32 Å². The molecule has 0 atom stereocenters. The molecule has 92 valence electrons. The Labute approximate surface area is 95.8 Å². The van der Waals surface area contributed by atoms with Crippen molar-refractivity contribution >= 4 is 8.56 Å². The van der Waals surface area contributed by atoms with Crippen LogP contribution in [0.4, 0.5) is 0 Å². The van der Waals surface area contributed by atoms with Gasteiger partial charge in [0.25, 0.3) is 0 Å². The maximum absolute atomic E-state index is 5.75. The number of nitrogens with one attached hydrogen (secondary N) is 1. The SMILES string of the molecule is CCCCNCC[Si](C)(OCC)OCC. The molecule has 15 heavy (non-hydrogen) atoms. The van der Waals surface area contributed by atoms with Gasteiger partial charge in [-0.2, -0.15) is 0 Å². The maximum Gasteiger partial charge on any atom is 0.336 e. The average molecular weight is 233 g/mol. The molecular formula is C11H27NO2Si. The standard InChI is InChI=1S/C11H27NO2Si/c1-5-8-9-12-10-11-15(4,13-6-2)14-7-3/h12H,5-11H2,1-4H3. The van der Waals surface area contributed by atoms with Crippen LogP contribution in [0.1, 0.15) is 33.6 Å². The highest BCUT2D eigenvalue weighted by Gasteiger charge is 2.29. The summed E-state index contributed by atoms with van der Waals surface area (Å²) in [5, 5.41) is 3.43. The van der Waals surface area contributed by atoms with Gasteiger partial charge in [0.15, 0.2) is 0 Å². The Balaban J connectivity index is 3.65. The van der Waals surface area contributed by atoms with Gasteiger partial charge in [0.05, 0.1) is 0 Å². The molecule has 3 nitrogen and oxygen atoms in total. The van der Waals surface area contributed by atoms with Crippen molar-refractivity contribution in [3.8, 4) is 0 Å². The molecule has 1 N–H and O–H groups in total. The summed E-state index contributed by atoms with van der Waals surface area (Å²) in [6, 6.07) is 1.04. The Morgan fingerprint density at radius 3 is 2.07 bits per heavy atom. The Morgan fingerprint density at radius 2 is 1.60 bits per heavy atom. The Hall–Kier alpha value is 0.0969. The highest BCUT2D eigenvalue weighted by Crippen LogP contribution is 2.12. The van der Waals surface area contributed by atoms with Gasteiger partial charge >= 0.3 is 8.56 Å². The van der Waals surface area contributed by atoms with E-state index in [1.54, 1.807) is 0 Å². The van der Waals surface area contributed by atoms with E-state index in [0.29, 0.717) is 0 Å². The van der Waals surface area contributed by atoms with Crippen molar-refractivity contribution in [2.24, 2.45) is 0 Å². The van der Waals surface area contributed by atoms with Gasteiger partial charge in [-0.25, -0.2) is 0 Å². The van der Waals surface area contributed by atoms with E-state index in [2.05, 4.69) is 18.8 Å². The zero-order valence-corrected chi connectivity index (χ0v) is 11.8. The fourth-order valence-corrected chi connectivity index (χ4v) is 3.76. The van der Waals surface area contributed by atoms with E-state index in [1.165, 1.54) is 12.8 Å². The molecule has 0 aliphatic carbocycles. The molecule has 0 rings (SSSR count).